The summed E-state index contributed by atoms with van der Waals surface area (Å²) in [5.74, 6) is -0.451. The summed E-state index contributed by atoms with van der Waals surface area (Å²) in [5, 5.41) is 12.1. The Morgan fingerprint density at radius 2 is 2.07 bits per heavy atom. The van der Waals surface area contributed by atoms with E-state index >= 15 is 0 Å². The third-order valence-corrected chi connectivity index (χ3v) is 5.29. The average Bonchev–Trinajstić information content (AvgIpc) is 3.30. The number of anilines is 1. The number of amides is 1. The van der Waals surface area contributed by atoms with Crippen molar-refractivity contribution in [1.29, 1.82) is 0 Å². The van der Waals surface area contributed by atoms with Gasteiger partial charge < -0.3 is 4.57 Å². The second-order valence-electron chi connectivity index (χ2n) is 6.36. The van der Waals surface area contributed by atoms with Gasteiger partial charge in [0.05, 0.1) is 17.4 Å². The van der Waals surface area contributed by atoms with Gasteiger partial charge in [-0.05, 0) is 36.2 Å². The standard InChI is InChI=1S/C20H18FN5OS/c1-2-16(26-12-22-15-8-3-4-9-17(15)26)19(27)23-20-25-24-18(28-20)11-13-6-5-7-14(21)10-13/h3-10,12,16H,2,11H2,1H3,(H,23,25,27)/t16-/m1/s1. The van der Waals surface area contributed by atoms with Gasteiger partial charge in [-0.25, -0.2) is 9.37 Å². The van der Waals surface area contributed by atoms with Crippen LogP contribution in [0.25, 0.3) is 11.0 Å². The van der Waals surface area contributed by atoms with Crippen LogP contribution in [0.4, 0.5) is 9.52 Å². The number of imidazole rings is 1. The maximum atomic E-state index is 13.3. The lowest BCUT2D eigenvalue weighted by molar-refractivity contribution is -0.119. The molecule has 0 saturated carbocycles. The van der Waals surface area contributed by atoms with Crippen molar-refractivity contribution < 1.29 is 9.18 Å². The lowest BCUT2D eigenvalue weighted by Crippen LogP contribution is -2.25. The van der Waals surface area contributed by atoms with E-state index in [2.05, 4.69) is 20.5 Å². The summed E-state index contributed by atoms with van der Waals surface area (Å²) < 4.78 is 15.2. The summed E-state index contributed by atoms with van der Waals surface area (Å²) in [6.07, 6.45) is 2.77. The fourth-order valence-corrected chi connectivity index (χ4v) is 3.90. The van der Waals surface area contributed by atoms with Crippen LogP contribution in [0.1, 0.15) is 30.0 Å². The van der Waals surface area contributed by atoms with E-state index < -0.39 is 6.04 Å². The SMILES string of the molecule is CC[C@H](C(=O)Nc1nnc(Cc2cccc(F)c2)s1)n1cnc2ccccc21. The normalized spacial score (nSPS) is 12.2. The van der Waals surface area contributed by atoms with E-state index in [1.54, 1.807) is 12.4 Å². The Balaban J connectivity index is 1.49. The van der Waals surface area contributed by atoms with Gasteiger partial charge in [-0.1, -0.05) is 42.5 Å². The molecule has 4 rings (SSSR count). The Kier molecular flexibility index (Phi) is 5.12. The fraction of sp³-hybridized carbons (Fsp3) is 0.200. The molecule has 0 spiro atoms. The summed E-state index contributed by atoms with van der Waals surface area (Å²) in [7, 11) is 0. The van der Waals surface area contributed by atoms with E-state index in [-0.39, 0.29) is 11.7 Å². The Labute approximate surface area is 165 Å². The molecule has 0 radical (unpaired) electrons. The molecule has 0 aliphatic rings. The lowest BCUT2D eigenvalue weighted by atomic mass is 10.1. The van der Waals surface area contributed by atoms with Crippen LogP contribution in [-0.2, 0) is 11.2 Å². The Morgan fingerprint density at radius 1 is 1.21 bits per heavy atom. The maximum absolute atomic E-state index is 13.3. The number of hydrogen-bond donors (Lipinski definition) is 1. The first kappa shape index (κ1) is 18.2. The van der Waals surface area contributed by atoms with Crippen LogP contribution in [0.3, 0.4) is 0 Å². The maximum Gasteiger partial charge on any atom is 0.249 e. The topological polar surface area (TPSA) is 72.7 Å². The smallest absolute Gasteiger partial charge is 0.249 e. The molecule has 28 heavy (non-hydrogen) atoms. The predicted molar refractivity (Wildman–Crippen MR) is 107 cm³/mol. The molecule has 0 bridgehead atoms. The second kappa shape index (κ2) is 7.85. The molecule has 0 saturated heterocycles. The number of benzene rings is 2. The molecular weight excluding hydrogens is 377 g/mol. The summed E-state index contributed by atoms with van der Waals surface area (Å²) in [5.41, 5.74) is 2.57. The minimum Gasteiger partial charge on any atom is -0.318 e. The average molecular weight is 395 g/mol. The van der Waals surface area contributed by atoms with E-state index in [1.165, 1.54) is 23.5 Å². The van der Waals surface area contributed by atoms with Crippen molar-refractivity contribution >= 4 is 33.4 Å². The van der Waals surface area contributed by atoms with Crippen molar-refractivity contribution in [2.45, 2.75) is 25.8 Å². The number of halogens is 1. The van der Waals surface area contributed by atoms with Gasteiger partial charge in [-0.15, -0.1) is 10.2 Å². The zero-order valence-corrected chi connectivity index (χ0v) is 16.0. The quantitative estimate of drug-likeness (QED) is 0.531. The zero-order chi connectivity index (χ0) is 19.5. The third-order valence-electron chi connectivity index (χ3n) is 4.45. The zero-order valence-electron chi connectivity index (χ0n) is 15.2. The number of nitrogens with zero attached hydrogens (tertiary/aromatic N) is 4. The fourth-order valence-electron chi connectivity index (χ4n) is 3.12. The highest BCUT2D eigenvalue weighted by Gasteiger charge is 2.21. The number of fused-ring (bicyclic) bond motifs is 1. The van der Waals surface area contributed by atoms with Crippen molar-refractivity contribution in [1.82, 2.24) is 19.7 Å². The Morgan fingerprint density at radius 3 is 2.89 bits per heavy atom. The molecule has 0 fully saturated rings. The Bertz CT molecular complexity index is 1120. The van der Waals surface area contributed by atoms with Crippen LogP contribution in [0.5, 0.6) is 0 Å². The number of carbonyl (C=O) groups is 1. The lowest BCUT2D eigenvalue weighted by Gasteiger charge is -2.16. The molecule has 0 unspecified atom stereocenters. The monoisotopic (exact) mass is 395 g/mol. The molecule has 0 aliphatic heterocycles. The number of hydrogen-bond acceptors (Lipinski definition) is 5. The summed E-state index contributed by atoms with van der Waals surface area (Å²) >= 11 is 1.29. The summed E-state index contributed by atoms with van der Waals surface area (Å²) in [4.78, 5) is 17.2. The van der Waals surface area contributed by atoms with Crippen LogP contribution >= 0.6 is 11.3 Å². The summed E-state index contributed by atoms with van der Waals surface area (Å²) in [6, 6.07) is 13.7. The van der Waals surface area contributed by atoms with Gasteiger partial charge in [0, 0.05) is 6.42 Å². The van der Waals surface area contributed by atoms with Gasteiger partial charge in [-0.2, -0.15) is 0 Å². The van der Waals surface area contributed by atoms with E-state index in [4.69, 9.17) is 0 Å². The van der Waals surface area contributed by atoms with Gasteiger partial charge in [0.25, 0.3) is 0 Å². The van der Waals surface area contributed by atoms with E-state index in [1.807, 2.05) is 41.8 Å². The molecule has 1 atom stereocenters. The van der Waals surface area contributed by atoms with Crippen LogP contribution in [0.15, 0.2) is 54.9 Å². The first-order chi connectivity index (χ1) is 13.6. The van der Waals surface area contributed by atoms with Gasteiger partial charge in [0.2, 0.25) is 11.0 Å². The molecule has 4 aromatic rings. The van der Waals surface area contributed by atoms with Gasteiger partial charge in [0.15, 0.2) is 0 Å². The highest BCUT2D eigenvalue weighted by Crippen LogP contribution is 2.24. The molecule has 2 aromatic carbocycles. The number of aromatic nitrogens is 4. The van der Waals surface area contributed by atoms with E-state index in [0.717, 1.165) is 16.6 Å². The number of rotatable bonds is 6. The minimum absolute atomic E-state index is 0.167. The van der Waals surface area contributed by atoms with Gasteiger partial charge in [0.1, 0.15) is 16.9 Å². The van der Waals surface area contributed by atoms with Crippen molar-refractivity contribution in [3.05, 3.63) is 71.2 Å². The molecular formula is C20H18FN5OS. The largest absolute Gasteiger partial charge is 0.318 e. The second-order valence-corrected chi connectivity index (χ2v) is 7.42. The molecule has 0 aliphatic carbocycles. The van der Waals surface area contributed by atoms with E-state index in [9.17, 15) is 9.18 Å². The molecule has 6 nitrogen and oxygen atoms in total. The van der Waals surface area contributed by atoms with Gasteiger partial charge >= 0.3 is 0 Å². The number of nitrogens with one attached hydrogen (secondary N) is 1. The van der Waals surface area contributed by atoms with Crippen LogP contribution in [0.2, 0.25) is 0 Å². The molecule has 2 heterocycles. The molecule has 1 N–H and O–H groups in total. The predicted octanol–water partition coefficient (Wildman–Crippen LogP) is 4.21. The Hall–Kier alpha value is -3.13. The number of para-hydroxylation sites is 2. The summed E-state index contributed by atoms with van der Waals surface area (Å²) in [6.45, 7) is 1.95. The van der Waals surface area contributed by atoms with E-state index in [0.29, 0.717) is 23.0 Å². The van der Waals surface area contributed by atoms with Crippen LogP contribution in [-0.4, -0.2) is 25.7 Å². The first-order valence-electron chi connectivity index (χ1n) is 8.93. The van der Waals surface area contributed by atoms with Crippen molar-refractivity contribution in [2.75, 3.05) is 5.32 Å². The van der Waals surface area contributed by atoms with Crippen LogP contribution < -0.4 is 5.32 Å². The van der Waals surface area contributed by atoms with Crippen LogP contribution in [0, 0.1) is 5.82 Å². The van der Waals surface area contributed by atoms with Crippen molar-refractivity contribution in [3.8, 4) is 0 Å². The minimum atomic E-state index is -0.400. The molecule has 1 amide bonds. The molecule has 8 heteroatoms. The molecule has 142 valence electrons. The van der Waals surface area contributed by atoms with Crippen molar-refractivity contribution in [2.24, 2.45) is 0 Å². The third kappa shape index (κ3) is 3.77. The first-order valence-corrected chi connectivity index (χ1v) is 9.75. The highest BCUT2D eigenvalue weighted by molar-refractivity contribution is 7.15. The highest BCUT2D eigenvalue weighted by atomic mass is 32.1. The van der Waals surface area contributed by atoms with Gasteiger partial charge in [-0.3, -0.25) is 10.1 Å². The molecule has 2 aromatic heterocycles. The van der Waals surface area contributed by atoms with Crippen molar-refractivity contribution in [3.63, 3.8) is 0 Å². The number of carbonyl (C=O) groups excluding carboxylic acids is 1.